The van der Waals surface area contributed by atoms with E-state index in [1.165, 1.54) is 38.5 Å². The molecule has 10 nitrogen and oxygen atoms in total. The van der Waals surface area contributed by atoms with Crippen molar-refractivity contribution in [2.24, 2.45) is 20.5 Å². The van der Waals surface area contributed by atoms with Gasteiger partial charge in [0.25, 0.3) is 5.69 Å². The number of rotatable bonds is 11. The summed E-state index contributed by atoms with van der Waals surface area (Å²) < 4.78 is 10.9. The second-order valence-electron chi connectivity index (χ2n) is 7.66. The molecule has 0 spiro atoms. The quantitative estimate of drug-likeness (QED) is 0.160. The molecule has 0 unspecified atom stereocenters. The molecule has 182 valence electrons. The van der Waals surface area contributed by atoms with Gasteiger partial charge < -0.3 is 14.4 Å². The maximum atomic E-state index is 10.8. The van der Waals surface area contributed by atoms with Crippen LogP contribution in [0.3, 0.4) is 0 Å². The molecule has 0 heterocycles. The molecule has 0 saturated carbocycles. The van der Waals surface area contributed by atoms with Gasteiger partial charge >= 0.3 is 0 Å². The topological polar surface area (TPSA) is 114 Å². The maximum absolute atomic E-state index is 10.8. The zero-order valence-corrected chi connectivity index (χ0v) is 20.2. The Balaban J connectivity index is 1.79. The van der Waals surface area contributed by atoms with Crippen LogP contribution in [0.2, 0.25) is 0 Å². The number of ether oxygens (including phenoxy) is 2. The van der Waals surface area contributed by atoms with Gasteiger partial charge in [-0.3, -0.25) is 10.1 Å². The van der Waals surface area contributed by atoms with Gasteiger partial charge in [-0.05, 0) is 42.8 Å². The van der Waals surface area contributed by atoms with Gasteiger partial charge in [0.2, 0.25) is 0 Å². The Morgan fingerprint density at radius 3 is 1.74 bits per heavy atom. The molecule has 10 heteroatoms. The molecule has 0 saturated heterocycles. The first kappa shape index (κ1) is 25.3. The van der Waals surface area contributed by atoms with E-state index in [-0.39, 0.29) is 5.69 Å². The van der Waals surface area contributed by atoms with E-state index in [2.05, 4.69) is 39.3 Å². The van der Waals surface area contributed by atoms with Gasteiger partial charge in [-0.15, -0.1) is 10.2 Å². The van der Waals surface area contributed by atoms with E-state index in [0.717, 1.165) is 25.1 Å². The summed E-state index contributed by atoms with van der Waals surface area (Å²) in [6.45, 7) is 3.18. The lowest BCUT2D eigenvalue weighted by molar-refractivity contribution is -0.384. The van der Waals surface area contributed by atoms with Crippen molar-refractivity contribution in [1.82, 2.24) is 0 Å². The lowest BCUT2D eigenvalue weighted by Crippen LogP contribution is -2.17. The van der Waals surface area contributed by atoms with Crippen molar-refractivity contribution < 1.29 is 14.4 Å². The Bertz CT molecular complexity index is 1190. The minimum absolute atomic E-state index is 0.0175. The summed E-state index contributed by atoms with van der Waals surface area (Å²) in [5.41, 5.74) is 3.17. The molecule has 0 aliphatic carbocycles. The first-order valence-electron chi connectivity index (χ1n) is 11.1. The summed E-state index contributed by atoms with van der Waals surface area (Å²) in [6, 6.07) is 16.9. The van der Waals surface area contributed by atoms with Gasteiger partial charge in [0.15, 0.2) is 0 Å². The van der Waals surface area contributed by atoms with Gasteiger partial charge in [-0.2, -0.15) is 10.2 Å². The predicted molar refractivity (Wildman–Crippen MR) is 136 cm³/mol. The zero-order chi connectivity index (χ0) is 25.2. The minimum Gasteiger partial charge on any atom is -0.494 e. The summed E-state index contributed by atoms with van der Waals surface area (Å²) in [5, 5.41) is 27.8. The van der Waals surface area contributed by atoms with E-state index in [1.54, 1.807) is 12.1 Å². The first-order valence-corrected chi connectivity index (χ1v) is 11.1. The highest BCUT2D eigenvalue weighted by Crippen LogP contribution is 2.41. The Hall–Kier alpha value is -4.34. The summed E-state index contributed by atoms with van der Waals surface area (Å²) in [5.74, 6) is 0.876. The molecule has 0 fully saturated rings. The number of nitro benzene ring substituents is 1. The van der Waals surface area contributed by atoms with E-state index in [4.69, 9.17) is 9.47 Å². The van der Waals surface area contributed by atoms with Crippen molar-refractivity contribution in [3.8, 4) is 11.5 Å². The Morgan fingerprint density at radius 2 is 1.31 bits per heavy atom. The molecule has 3 rings (SSSR count). The second-order valence-corrected chi connectivity index (χ2v) is 7.66. The molecule has 0 radical (unpaired) electrons. The van der Waals surface area contributed by atoms with Gasteiger partial charge in [-0.25, -0.2) is 0 Å². The van der Waals surface area contributed by atoms with Gasteiger partial charge in [0.05, 0.1) is 30.5 Å². The number of hydrogen-bond acceptors (Lipinski definition) is 9. The number of hydrogen-bond donors (Lipinski definition) is 0. The number of benzene rings is 3. The Kier molecular flexibility index (Phi) is 8.82. The molecule has 0 atom stereocenters. The molecule has 0 amide bonds. The number of unbranched alkanes of at least 4 members (excludes halogenated alkanes) is 1. The van der Waals surface area contributed by atoms with Crippen LogP contribution in [0, 0.1) is 10.1 Å². The van der Waals surface area contributed by atoms with Crippen molar-refractivity contribution in [1.29, 1.82) is 0 Å². The monoisotopic (exact) mass is 476 g/mol. The van der Waals surface area contributed by atoms with Gasteiger partial charge in [0.1, 0.15) is 22.9 Å². The van der Waals surface area contributed by atoms with Crippen molar-refractivity contribution in [3.05, 3.63) is 70.8 Å². The largest absolute Gasteiger partial charge is 0.494 e. The first-order chi connectivity index (χ1) is 16.9. The van der Waals surface area contributed by atoms with Crippen molar-refractivity contribution in [3.63, 3.8) is 0 Å². The number of nitro groups is 1. The SMILES string of the molecule is CCCCN(C)c1ccc(N=Nc2cc(OC)c(N=Nc3ccc([N+](=O)[O-])cc3)cc2OC)cc1. The molecule has 0 aliphatic heterocycles. The molecule has 0 aromatic heterocycles. The van der Waals surface area contributed by atoms with Crippen LogP contribution in [-0.2, 0) is 0 Å². The summed E-state index contributed by atoms with van der Waals surface area (Å²) in [6.07, 6.45) is 2.29. The van der Waals surface area contributed by atoms with E-state index < -0.39 is 4.92 Å². The molecular formula is C25H28N6O4. The van der Waals surface area contributed by atoms with Gasteiger partial charge in [0, 0.05) is 43.5 Å². The predicted octanol–water partition coefficient (Wildman–Crippen LogP) is 7.68. The number of anilines is 1. The van der Waals surface area contributed by atoms with Crippen LogP contribution >= 0.6 is 0 Å². The van der Waals surface area contributed by atoms with Crippen LogP contribution < -0.4 is 14.4 Å². The van der Waals surface area contributed by atoms with Crippen molar-refractivity contribution in [2.45, 2.75) is 19.8 Å². The number of azo groups is 2. The van der Waals surface area contributed by atoms with E-state index in [1.807, 2.05) is 24.3 Å². The zero-order valence-electron chi connectivity index (χ0n) is 20.2. The summed E-state index contributed by atoms with van der Waals surface area (Å²) >= 11 is 0. The van der Waals surface area contributed by atoms with E-state index in [0.29, 0.717) is 34.2 Å². The normalized spacial score (nSPS) is 11.2. The highest BCUT2D eigenvalue weighted by Gasteiger charge is 2.12. The number of non-ortho nitro benzene ring substituents is 1. The van der Waals surface area contributed by atoms with Crippen molar-refractivity contribution in [2.75, 3.05) is 32.7 Å². The van der Waals surface area contributed by atoms with Crippen LogP contribution in [0.5, 0.6) is 11.5 Å². The van der Waals surface area contributed by atoms with Crippen LogP contribution in [0.15, 0.2) is 81.1 Å². The van der Waals surface area contributed by atoms with E-state index >= 15 is 0 Å². The minimum atomic E-state index is -0.470. The fourth-order valence-electron chi connectivity index (χ4n) is 3.18. The highest BCUT2D eigenvalue weighted by atomic mass is 16.6. The lowest BCUT2D eigenvalue weighted by Gasteiger charge is -2.18. The van der Waals surface area contributed by atoms with Crippen LogP contribution in [0.4, 0.5) is 34.1 Å². The molecule has 3 aromatic rings. The number of nitrogens with zero attached hydrogens (tertiary/aromatic N) is 6. The lowest BCUT2D eigenvalue weighted by atomic mass is 10.2. The molecular weight excluding hydrogens is 448 g/mol. The Morgan fingerprint density at radius 1 is 0.829 bits per heavy atom. The summed E-state index contributed by atoms with van der Waals surface area (Å²) in [7, 11) is 5.12. The molecule has 3 aromatic carbocycles. The van der Waals surface area contributed by atoms with Gasteiger partial charge in [-0.1, -0.05) is 13.3 Å². The highest BCUT2D eigenvalue weighted by molar-refractivity contribution is 5.66. The third kappa shape index (κ3) is 6.83. The van der Waals surface area contributed by atoms with Crippen molar-refractivity contribution >= 4 is 34.1 Å². The molecule has 0 aliphatic rings. The fraction of sp³-hybridized carbons (Fsp3) is 0.280. The van der Waals surface area contributed by atoms with Crippen LogP contribution in [0.1, 0.15) is 19.8 Å². The standard InChI is InChI=1S/C25H28N6O4/c1-5-6-15-30(2)20-11-7-18(8-12-20)26-28-22-16-25(35-4)23(17-24(22)34-3)29-27-19-9-13-21(14-10-19)31(32)33/h7-14,16-17H,5-6,15H2,1-4H3. The van der Waals surface area contributed by atoms with Crippen LogP contribution in [0.25, 0.3) is 0 Å². The third-order valence-corrected chi connectivity index (χ3v) is 5.22. The average Bonchev–Trinajstić information content (AvgIpc) is 2.89. The molecule has 0 bridgehead atoms. The third-order valence-electron chi connectivity index (χ3n) is 5.22. The second kappa shape index (κ2) is 12.2. The Labute approximate surface area is 204 Å². The maximum Gasteiger partial charge on any atom is 0.269 e. The smallest absolute Gasteiger partial charge is 0.269 e. The van der Waals surface area contributed by atoms with E-state index in [9.17, 15) is 10.1 Å². The molecule has 0 N–H and O–H groups in total. The fourth-order valence-corrected chi connectivity index (χ4v) is 3.18. The van der Waals surface area contributed by atoms with Crippen LogP contribution in [-0.4, -0.2) is 32.7 Å². The summed E-state index contributed by atoms with van der Waals surface area (Å²) in [4.78, 5) is 12.5. The molecule has 35 heavy (non-hydrogen) atoms. The number of methoxy groups -OCH3 is 2. The average molecular weight is 477 g/mol.